The molecule has 1 aromatic carbocycles. The first kappa shape index (κ1) is 15.7. The van der Waals surface area contributed by atoms with Gasteiger partial charge in [-0.05, 0) is 37.1 Å². The summed E-state index contributed by atoms with van der Waals surface area (Å²) < 4.78 is 23.3. The summed E-state index contributed by atoms with van der Waals surface area (Å²) in [5.41, 5.74) is 1.20. The lowest BCUT2D eigenvalue weighted by molar-refractivity contribution is 0.507. The van der Waals surface area contributed by atoms with E-state index in [9.17, 15) is 8.42 Å². The predicted octanol–water partition coefficient (Wildman–Crippen LogP) is 2.92. The van der Waals surface area contributed by atoms with E-state index in [0.29, 0.717) is 6.42 Å². The van der Waals surface area contributed by atoms with Crippen LogP contribution in [0.4, 0.5) is 0 Å². The Morgan fingerprint density at radius 3 is 2.39 bits per heavy atom. The molecule has 5 heteroatoms. The van der Waals surface area contributed by atoms with Gasteiger partial charge in [0.15, 0.2) is 0 Å². The van der Waals surface area contributed by atoms with Gasteiger partial charge in [-0.1, -0.05) is 35.0 Å². The highest BCUT2D eigenvalue weighted by Gasteiger charge is 2.11. The first-order valence-electron chi connectivity index (χ1n) is 6.09. The van der Waals surface area contributed by atoms with E-state index in [4.69, 9.17) is 0 Å². The molecule has 0 aliphatic heterocycles. The van der Waals surface area contributed by atoms with Crippen LogP contribution in [0.3, 0.4) is 0 Å². The molecule has 0 fully saturated rings. The summed E-state index contributed by atoms with van der Waals surface area (Å²) in [6.45, 7) is 2.93. The van der Waals surface area contributed by atoms with Gasteiger partial charge in [0.2, 0.25) is 0 Å². The standard InChI is InChI=1S/C13H20BrNO2S/c1-3-15-13(5-4-10-18(2,16)17)11-6-8-12(14)9-7-11/h6-9,13,15H,3-5,10H2,1-2H3. The van der Waals surface area contributed by atoms with Gasteiger partial charge in [-0.15, -0.1) is 0 Å². The van der Waals surface area contributed by atoms with Gasteiger partial charge in [-0.3, -0.25) is 0 Å². The van der Waals surface area contributed by atoms with Crippen LogP contribution in [0.5, 0.6) is 0 Å². The molecule has 0 aliphatic carbocycles. The third kappa shape index (κ3) is 5.98. The van der Waals surface area contributed by atoms with E-state index >= 15 is 0 Å². The smallest absolute Gasteiger partial charge is 0.147 e. The average molecular weight is 334 g/mol. The van der Waals surface area contributed by atoms with Crippen LogP contribution >= 0.6 is 15.9 Å². The van der Waals surface area contributed by atoms with E-state index in [-0.39, 0.29) is 11.8 Å². The second-order valence-electron chi connectivity index (χ2n) is 4.43. The highest BCUT2D eigenvalue weighted by atomic mass is 79.9. The summed E-state index contributed by atoms with van der Waals surface area (Å²) in [6.07, 6.45) is 2.81. The molecule has 0 amide bonds. The fourth-order valence-corrected chi connectivity index (χ4v) is 2.83. The molecule has 18 heavy (non-hydrogen) atoms. The molecule has 1 aromatic rings. The van der Waals surface area contributed by atoms with Gasteiger partial charge in [-0.25, -0.2) is 8.42 Å². The Kier molecular flexibility index (Phi) is 6.32. The van der Waals surface area contributed by atoms with Crippen molar-refractivity contribution in [2.24, 2.45) is 0 Å². The van der Waals surface area contributed by atoms with Gasteiger partial charge < -0.3 is 5.32 Å². The Labute approximate surface area is 118 Å². The molecule has 0 heterocycles. The molecule has 0 aliphatic rings. The van der Waals surface area contributed by atoms with Crippen molar-refractivity contribution in [1.29, 1.82) is 0 Å². The minimum atomic E-state index is -2.86. The zero-order valence-electron chi connectivity index (χ0n) is 10.8. The molecule has 1 N–H and O–H groups in total. The molecular formula is C13H20BrNO2S. The molecule has 1 unspecified atom stereocenters. The first-order valence-corrected chi connectivity index (χ1v) is 8.94. The number of hydrogen-bond donors (Lipinski definition) is 1. The normalized spacial score (nSPS) is 13.5. The van der Waals surface area contributed by atoms with Crippen molar-refractivity contribution in [3.05, 3.63) is 34.3 Å². The van der Waals surface area contributed by atoms with Crippen molar-refractivity contribution in [3.63, 3.8) is 0 Å². The second-order valence-corrected chi connectivity index (χ2v) is 7.61. The molecule has 0 radical (unpaired) electrons. The van der Waals surface area contributed by atoms with Crippen LogP contribution in [0.15, 0.2) is 28.7 Å². The van der Waals surface area contributed by atoms with Crippen LogP contribution in [-0.4, -0.2) is 27.0 Å². The van der Waals surface area contributed by atoms with E-state index in [2.05, 4.69) is 40.3 Å². The van der Waals surface area contributed by atoms with Crippen LogP contribution in [0.2, 0.25) is 0 Å². The molecule has 3 nitrogen and oxygen atoms in total. The summed E-state index contributed by atoms with van der Waals surface area (Å²) in [6, 6.07) is 8.38. The molecular weight excluding hydrogens is 314 g/mol. The van der Waals surface area contributed by atoms with Gasteiger partial charge in [0, 0.05) is 22.5 Å². The third-order valence-electron chi connectivity index (χ3n) is 2.73. The maximum atomic E-state index is 11.1. The molecule has 1 atom stereocenters. The van der Waals surface area contributed by atoms with Gasteiger partial charge >= 0.3 is 0 Å². The zero-order chi connectivity index (χ0) is 13.6. The third-order valence-corrected chi connectivity index (χ3v) is 4.29. The number of benzene rings is 1. The summed E-state index contributed by atoms with van der Waals surface area (Å²) in [4.78, 5) is 0. The summed E-state index contributed by atoms with van der Waals surface area (Å²) in [5.74, 6) is 0.255. The Morgan fingerprint density at radius 1 is 1.28 bits per heavy atom. The fourth-order valence-electron chi connectivity index (χ4n) is 1.88. The zero-order valence-corrected chi connectivity index (χ0v) is 13.2. The molecule has 0 bridgehead atoms. The monoisotopic (exact) mass is 333 g/mol. The lowest BCUT2D eigenvalue weighted by Gasteiger charge is -2.18. The van der Waals surface area contributed by atoms with E-state index in [0.717, 1.165) is 17.4 Å². The fraction of sp³-hybridized carbons (Fsp3) is 0.538. The Morgan fingerprint density at radius 2 is 1.89 bits per heavy atom. The number of sulfone groups is 1. The minimum Gasteiger partial charge on any atom is -0.310 e. The average Bonchev–Trinajstić information content (AvgIpc) is 2.27. The van der Waals surface area contributed by atoms with E-state index in [1.807, 2.05) is 12.1 Å². The van der Waals surface area contributed by atoms with E-state index in [1.54, 1.807) is 0 Å². The van der Waals surface area contributed by atoms with Gasteiger partial charge in [0.05, 0.1) is 0 Å². The van der Waals surface area contributed by atoms with Crippen molar-refractivity contribution >= 4 is 25.8 Å². The van der Waals surface area contributed by atoms with Crippen molar-refractivity contribution in [2.45, 2.75) is 25.8 Å². The predicted molar refractivity (Wildman–Crippen MR) is 79.5 cm³/mol. The Bertz CT molecular complexity index is 456. The highest BCUT2D eigenvalue weighted by molar-refractivity contribution is 9.10. The number of halogens is 1. The SMILES string of the molecule is CCNC(CCCS(C)(=O)=O)c1ccc(Br)cc1. The quantitative estimate of drug-likeness (QED) is 0.834. The first-order chi connectivity index (χ1) is 8.42. The summed E-state index contributed by atoms with van der Waals surface area (Å²) in [7, 11) is -2.86. The maximum absolute atomic E-state index is 11.1. The van der Waals surface area contributed by atoms with Crippen LogP contribution in [0, 0.1) is 0 Å². The highest BCUT2D eigenvalue weighted by Crippen LogP contribution is 2.21. The number of hydrogen-bond acceptors (Lipinski definition) is 3. The maximum Gasteiger partial charge on any atom is 0.147 e. The van der Waals surface area contributed by atoms with Crippen LogP contribution < -0.4 is 5.32 Å². The molecule has 0 aromatic heterocycles. The second kappa shape index (κ2) is 7.26. The molecule has 0 spiro atoms. The van der Waals surface area contributed by atoms with E-state index < -0.39 is 9.84 Å². The Balaban J connectivity index is 2.62. The minimum absolute atomic E-state index is 0.227. The Hall–Kier alpha value is -0.390. The molecule has 1 rings (SSSR count). The summed E-state index contributed by atoms with van der Waals surface area (Å²) >= 11 is 3.41. The number of rotatable bonds is 7. The van der Waals surface area contributed by atoms with Crippen LogP contribution in [-0.2, 0) is 9.84 Å². The number of nitrogens with one attached hydrogen (secondary N) is 1. The largest absolute Gasteiger partial charge is 0.310 e. The van der Waals surface area contributed by atoms with E-state index in [1.165, 1.54) is 11.8 Å². The van der Waals surface area contributed by atoms with Crippen LogP contribution in [0.1, 0.15) is 31.4 Å². The van der Waals surface area contributed by atoms with Gasteiger partial charge in [-0.2, -0.15) is 0 Å². The lowest BCUT2D eigenvalue weighted by Crippen LogP contribution is -2.21. The van der Waals surface area contributed by atoms with Crippen molar-refractivity contribution in [2.75, 3.05) is 18.6 Å². The van der Waals surface area contributed by atoms with Gasteiger partial charge in [0.25, 0.3) is 0 Å². The molecule has 0 saturated carbocycles. The topological polar surface area (TPSA) is 46.2 Å². The molecule has 0 saturated heterocycles. The van der Waals surface area contributed by atoms with Crippen molar-refractivity contribution in [3.8, 4) is 0 Å². The van der Waals surface area contributed by atoms with Crippen molar-refractivity contribution in [1.82, 2.24) is 5.32 Å². The molecule has 102 valence electrons. The van der Waals surface area contributed by atoms with Crippen LogP contribution in [0.25, 0.3) is 0 Å². The lowest BCUT2D eigenvalue weighted by atomic mass is 10.0. The van der Waals surface area contributed by atoms with Gasteiger partial charge in [0.1, 0.15) is 9.84 Å². The van der Waals surface area contributed by atoms with Crippen molar-refractivity contribution < 1.29 is 8.42 Å². The summed E-state index contributed by atoms with van der Waals surface area (Å²) in [5, 5.41) is 3.39.